The van der Waals surface area contributed by atoms with Gasteiger partial charge in [-0.25, -0.2) is 0 Å². The molecule has 94 valence electrons. The molecule has 17 heavy (non-hydrogen) atoms. The highest BCUT2D eigenvalue weighted by molar-refractivity contribution is 6.17. The molecule has 0 N–H and O–H groups in total. The summed E-state index contributed by atoms with van der Waals surface area (Å²) in [5, 5.41) is 0. The number of alkyl halides is 1. The van der Waals surface area contributed by atoms with Gasteiger partial charge in [-0.2, -0.15) is 0 Å². The summed E-state index contributed by atoms with van der Waals surface area (Å²) >= 11 is 5.53. The predicted octanol–water partition coefficient (Wildman–Crippen LogP) is 3.40. The summed E-state index contributed by atoms with van der Waals surface area (Å²) in [7, 11) is 0. The number of hydrogen-bond acceptors (Lipinski definition) is 3. The third-order valence-corrected chi connectivity index (χ3v) is 2.40. The third kappa shape index (κ3) is 5.59. The molecule has 0 amide bonds. The molecule has 0 aliphatic heterocycles. The minimum absolute atomic E-state index is 0.223. The van der Waals surface area contributed by atoms with Gasteiger partial charge in [0.15, 0.2) is 0 Å². The number of carbonyl (C=O) groups excluding carboxylic acids is 1. The molecule has 1 rings (SSSR count). The summed E-state index contributed by atoms with van der Waals surface area (Å²) < 4.78 is 10.4. The quantitative estimate of drug-likeness (QED) is 0.325. The fraction of sp³-hybridized carbons (Fsp3) is 0.462. The summed E-state index contributed by atoms with van der Waals surface area (Å²) in [6, 6.07) is 7.02. The lowest BCUT2D eigenvalue weighted by Crippen LogP contribution is -2.07. The van der Waals surface area contributed by atoms with Gasteiger partial charge in [0, 0.05) is 12.3 Å². The molecule has 0 radical (unpaired) electrons. The van der Waals surface area contributed by atoms with Gasteiger partial charge in [0.2, 0.25) is 0 Å². The summed E-state index contributed by atoms with van der Waals surface area (Å²) in [4.78, 5) is 11.4. The normalized spacial score (nSPS) is 10.0. The van der Waals surface area contributed by atoms with E-state index in [4.69, 9.17) is 21.1 Å². The largest absolute Gasteiger partial charge is 0.494 e. The van der Waals surface area contributed by atoms with Crippen molar-refractivity contribution in [2.24, 2.45) is 0 Å². The van der Waals surface area contributed by atoms with E-state index in [-0.39, 0.29) is 5.97 Å². The van der Waals surface area contributed by atoms with Gasteiger partial charge < -0.3 is 9.47 Å². The zero-order valence-electron chi connectivity index (χ0n) is 9.95. The maximum absolute atomic E-state index is 11.4. The van der Waals surface area contributed by atoms with Crippen LogP contribution in [0.2, 0.25) is 0 Å². The number of esters is 1. The average molecular weight is 257 g/mol. The molecule has 3 nitrogen and oxygen atoms in total. The van der Waals surface area contributed by atoms with Gasteiger partial charge in [0.1, 0.15) is 11.5 Å². The van der Waals surface area contributed by atoms with Crippen LogP contribution in [0.15, 0.2) is 24.3 Å². The molecule has 1 aromatic rings. The molecule has 0 fully saturated rings. The third-order valence-electron chi connectivity index (χ3n) is 2.13. The van der Waals surface area contributed by atoms with Gasteiger partial charge in [0.25, 0.3) is 0 Å². The Morgan fingerprint density at radius 3 is 2.41 bits per heavy atom. The van der Waals surface area contributed by atoms with E-state index in [2.05, 4.69) is 0 Å². The lowest BCUT2D eigenvalue weighted by molar-refractivity contribution is -0.134. The van der Waals surface area contributed by atoms with Crippen molar-refractivity contribution in [3.8, 4) is 11.5 Å². The van der Waals surface area contributed by atoms with Gasteiger partial charge >= 0.3 is 5.97 Å². The highest BCUT2D eigenvalue weighted by Crippen LogP contribution is 2.18. The molecular weight excluding hydrogens is 240 g/mol. The van der Waals surface area contributed by atoms with Crippen molar-refractivity contribution in [3.05, 3.63) is 24.3 Å². The van der Waals surface area contributed by atoms with Crippen LogP contribution in [0.5, 0.6) is 11.5 Å². The molecule has 4 heteroatoms. The monoisotopic (exact) mass is 256 g/mol. The second-order valence-corrected chi connectivity index (χ2v) is 3.90. The molecule has 0 saturated heterocycles. The van der Waals surface area contributed by atoms with Crippen LogP contribution in [-0.4, -0.2) is 18.5 Å². The Balaban J connectivity index is 2.37. The van der Waals surface area contributed by atoms with Crippen molar-refractivity contribution in [1.29, 1.82) is 0 Å². The van der Waals surface area contributed by atoms with E-state index >= 15 is 0 Å². The Hall–Kier alpha value is -1.22. The van der Waals surface area contributed by atoms with Crippen LogP contribution in [0.1, 0.15) is 26.2 Å². The first-order valence-corrected chi connectivity index (χ1v) is 6.29. The van der Waals surface area contributed by atoms with E-state index in [1.807, 2.05) is 6.92 Å². The van der Waals surface area contributed by atoms with Crippen LogP contribution >= 0.6 is 11.6 Å². The summed E-state index contributed by atoms with van der Waals surface area (Å²) in [5.74, 6) is 1.68. The maximum atomic E-state index is 11.4. The molecule has 1 aromatic carbocycles. The Labute approximate surface area is 107 Å². The van der Waals surface area contributed by atoms with Gasteiger partial charge in [-0.05, 0) is 44.0 Å². The number of rotatable bonds is 7. The second-order valence-electron chi connectivity index (χ2n) is 3.52. The highest BCUT2D eigenvalue weighted by atomic mass is 35.5. The Morgan fingerprint density at radius 2 is 1.82 bits per heavy atom. The SMILES string of the molecule is CCOc1ccc(OC(=O)CCCCCl)cc1. The first-order chi connectivity index (χ1) is 8.26. The number of unbranched alkanes of at least 4 members (excludes halogenated alkanes) is 1. The number of halogens is 1. The number of hydrogen-bond donors (Lipinski definition) is 0. The number of benzene rings is 1. The molecule has 0 spiro atoms. The van der Waals surface area contributed by atoms with Crippen LogP contribution in [-0.2, 0) is 4.79 Å². The second kappa shape index (κ2) is 7.96. The van der Waals surface area contributed by atoms with Gasteiger partial charge in [-0.1, -0.05) is 0 Å². The van der Waals surface area contributed by atoms with Crippen molar-refractivity contribution >= 4 is 17.6 Å². The average Bonchev–Trinajstić information content (AvgIpc) is 2.32. The molecule has 0 aliphatic carbocycles. The molecule has 0 aliphatic rings. The van der Waals surface area contributed by atoms with Crippen LogP contribution in [0, 0.1) is 0 Å². The van der Waals surface area contributed by atoms with Gasteiger partial charge in [0.05, 0.1) is 6.61 Å². The Bertz CT molecular complexity index is 335. The van der Waals surface area contributed by atoms with E-state index in [9.17, 15) is 4.79 Å². The van der Waals surface area contributed by atoms with Crippen molar-refractivity contribution in [3.63, 3.8) is 0 Å². The molecule has 0 saturated carbocycles. The van der Waals surface area contributed by atoms with Crippen molar-refractivity contribution in [2.45, 2.75) is 26.2 Å². The van der Waals surface area contributed by atoms with Crippen LogP contribution in [0.4, 0.5) is 0 Å². The summed E-state index contributed by atoms with van der Waals surface area (Å²) in [6.45, 7) is 2.54. The summed E-state index contributed by atoms with van der Waals surface area (Å²) in [6.07, 6.45) is 2.00. The van der Waals surface area contributed by atoms with Gasteiger partial charge in [-0.15, -0.1) is 11.6 Å². The van der Waals surface area contributed by atoms with E-state index in [1.54, 1.807) is 24.3 Å². The molecule has 0 unspecified atom stereocenters. The standard InChI is InChI=1S/C13H17ClO3/c1-2-16-11-6-8-12(9-7-11)17-13(15)5-3-4-10-14/h6-9H,2-5,10H2,1H3. The minimum atomic E-state index is -0.223. The van der Waals surface area contributed by atoms with Crippen molar-refractivity contribution in [2.75, 3.05) is 12.5 Å². The minimum Gasteiger partial charge on any atom is -0.494 e. The smallest absolute Gasteiger partial charge is 0.311 e. The zero-order valence-corrected chi connectivity index (χ0v) is 10.7. The fourth-order valence-electron chi connectivity index (χ4n) is 1.32. The first-order valence-electron chi connectivity index (χ1n) is 5.75. The Kier molecular flexibility index (Phi) is 6.48. The molecule has 0 heterocycles. The van der Waals surface area contributed by atoms with E-state index in [1.165, 1.54) is 0 Å². The van der Waals surface area contributed by atoms with E-state index in [0.717, 1.165) is 18.6 Å². The topological polar surface area (TPSA) is 35.5 Å². The predicted molar refractivity (Wildman–Crippen MR) is 67.8 cm³/mol. The van der Waals surface area contributed by atoms with Crippen LogP contribution in [0.3, 0.4) is 0 Å². The highest BCUT2D eigenvalue weighted by Gasteiger charge is 2.04. The molecule has 0 bridgehead atoms. The number of ether oxygens (including phenoxy) is 2. The molecule has 0 aromatic heterocycles. The van der Waals surface area contributed by atoms with E-state index in [0.29, 0.717) is 24.7 Å². The lowest BCUT2D eigenvalue weighted by atomic mass is 10.2. The molecular formula is C13H17ClO3. The first kappa shape index (κ1) is 13.8. The zero-order chi connectivity index (χ0) is 12.5. The fourth-order valence-corrected chi connectivity index (χ4v) is 1.51. The summed E-state index contributed by atoms with van der Waals surface area (Å²) in [5.41, 5.74) is 0. The number of carbonyl (C=O) groups is 1. The Morgan fingerprint density at radius 1 is 1.18 bits per heavy atom. The van der Waals surface area contributed by atoms with Crippen LogP contribution in [0.25, 0.3) is 0 Å². The van der Waals surface area contributed by atoms with Gasteiger partial charge in [-0.3, -0.25) is 4.79 Å². The van der Waals surface area contributed by atoms with Crippen LogP contribution < -0.4 is 9.47 Å². The van der Waals surface area contributed by atoms with E-state index < -0.39 is 0 Å². The lowest BCUT2D eigenvalue weighted by Gasteiger charge is -2.06. The molecule has 0 atom stereocenters. The maximum Gasteiger partial charge on any atom is 0.311 e. The van der Waals surface area contributed by atoms with Crippen molar-refractivity contribution < 1.29 is 14.3 Å². The van der Waals surface area contributed by atoms with Crippen molar-refractivity contribution in [1.82, 2.24) is 0 Å².